The number of primary sulfonamides is 1. The lowest BCUT2D eigenvalue weighted by Gasteiger charge is -2.22. The number of hydrogen-bond acceptors (Lipinski definition) is 4. The highest BCUT2D eigenvalue weighted by atomic mass is 32.2. The van der Waals surface area contributed by atoms with Crippen LogP contribution in [-0.2, 0) is 15.4 Å². The summed E-state index contributed by atoms with van der Waals surface area (Å²) in [5.74, 6) is 0.650. The van der Waals surface area contributed by atoms with E-state index in [-0.39, 0.29) is 16.5 Å². The monoisotopic (exact) mass is 270 g/mol. The summed E-state index contributed by atoms with van der Waals surface area (Å²) in [6, 6.07) is 3.04. The minimum absolute atomic E-state index is 0.115. The first-order valence-corrected chi connectivity index (χ1v) is 7.43. The number of ether oxygens (including phenoxy) is 1. The number of aromatic nitrogens is 1. The largest absolute Gasteiger partial charge is 0.488 e. The number of nitrogens with two attached hydrogens (primary N) is 1. The fraction of sp³-hybridized carbons (Fsp3) is 0.583. The van der Waals surface area contributed by atoms with Gasteiger partial charge in [-0.15, -0.1) is 0 Å². The summed E-state index contributed by atoms with van der Waals surface area (Å²) in [5, 5.41) is 4.99. The second kappa shape index (κ2) is 4.20. The Hall–Kier alpha value is -1.14. The lowest BCUT2D eigenvalue weighted by molar-refractivity contribution is 0.291. The molecular formula is C12H18N2O3S. The normalized spacial score (nSPS) is 16.7. The highest BCUT2D eigenvalue weighted by Gasteiger charge is 2.29. The molecule has 0 saturated heterocycles. The molecule has 1 aromatic heterocycles. The predicted octanol–water partition coefficient (Wildman–Crippen LogP) is 1.57. The van der Waals surface area contributed by atoms with Crippen molar-refractivity contribution < 1.29 is 13.2 Å². The van der Waals surface area contributed by atoms with Crippen LogP contribution < -0.4 is 9.88 Å². The van der Waals surface area contributed by atoms with E-state index in [0.29, 0.717) is 11.4 Å². The van der Waals surface area contributed by atoms with Crippen molar-refractivity contribution in [3.05, 3.63) is 17.8 Å². The van der Waals surface area contributed by atoms with Gasteiger partial charge in [-0.05, 0) is 25.0 Å². The average molecular weight is 270 g/mol. The highest BCUT2D eigenvalue weighted by molar-refractivity contribution is 7.89. The third-order valence-corrected chi connectivity index (χ3v) is 3.46. The summed E-state index contributed by atoms with van der Waals surface area (Å²) in [6.07, 6.45) is 2.33. The Bertz CT molecular complexity index is 557. The third kappa shape index (κ3) is 3.00. The Morgan fingerprint density at radius 1 is 1.33 bits per heavy atom. The van der Waals surface area contributed by atoms with Gasteiger partial charge >= 0.3 is 0 Å². The van der Waals surface area contributed by atoms with Crippen molar-refractivity contribution in [2.24, 2.45) is 5.14 Å². The van der Waals surface area contributed by atoms with Gasteiger partial charge in [-0.3, -0.25) is 0 Å². The van der Waals surface area contributed by atoms with Gasteiger partial charge in [-0.2, -0.15) is 0 Å². The van der Waals surface area contributed by atoms with Gasteiger partial charge in [0, 0.05) is 5.41 Å². The summed E-state index contributed by atoms with van der Waals surface area (Å²) in [7, 11) is -3.78. The van der Waals surface area contributed by atoms with E-state index >= 15 is 0 Å². The summed E-state index contributed by atoms with van der Waals surface area (Å²) in [4.78, 5) is 4.16. The first-order chi connectivity index (χ1) is 8.18. The van der Waals surface area contributed by atoms with Gasteiger partial charge in [0.15, 0.2) is 5.03 Å². The minimum Gasteiger partial charge on any atom is -0.488 e. The molecule has 18 heavy (non-hydrogen) atoms. The van der Waals surface area contributed by atoms with Crippen LogP contribution in [0.4, 0.5) is 0 Å². The smallest absolute Gasteiger partial charge is 0.255 e. The summed E-state index contributed by atoms with van der Waals surface area (Å²) in [5.41, 5.74) is 0.325. The van der Waals surface area contributed by atoms with Gasteiger partial charge in [0.2, 0.25) is 0 Å². The Balaban J connectivity index is 2.47. The molecule has 0 aromatic carbocycles. The van der Waals surface area contributed by atoms with Crippen LogP contribution in [0.1, 0.15) is 39.3 Å². The second-order valence-corrected chi connectivity index (χ2v) is 7.12. The molecule has 0 bridgehead atoms. The lowest BCUT2D eigenvalue weighted by atomic mass is 9.91. The molecule has 1 heterocycles. The third-order valence-electron chi connectivity index (χ3n) is 2.65. The number of rotatable bonds is 3. The van der Waals surface area contributed by atoms with Gasteiger partial charge in [-0.25, -0.2) is 18.5 Å². The van der Waals surface area contributed by atoms with E-state index in [9.17, 15) is 8.42 Å². The van der Waals surface area contributed by atoms with Crippen molar-refractivity contribution in [1.29, 1.82) is 0 Å². The molecule has 1 fully saturated rings. The van der Waals surface area contributed by atoms with Crippen molar-refractivity contribution in [1.82, 2.24) is 4.98 Å². The van der Waals surface area contributed by atoms with E-state index in [4.69, 9.17) is 9.88 Å². The van der Waals surface area contributed by atoms with Crippen LogP contribution in [0, 0.1) is 0 Å². The molecule has 0 radical (unpaired) electrons. The molecule has 1 saturated carbocycles. The average Bonchev–Trinajstić information content (AvgIpc) is 2.98. The maximum Gasteiger partial charge on any atom is 0.255 e. The van der Waals surface area contributed by atoms with E-state index < -0.39 is 10.0 Å². The highest BCUT2D eigenvalue weighted by Crippen LogP contribution is 2.34. The number of hydrogen-bond donors (Lipinski definition) is 1. The molecular weight excluding hydrogens is 252 g/mol. The van der Waals surface area contributed by atoms with Gasteiger partial charge in [0.25, 0.3) is 10.0 Å². The van der Waals surface area contributed by atoms with E-state index in [1.807, 2.05) is 20.8 Å². The molecule has 0 spiro atoms. The van der Waals surface area contributed by atoms with E-state index in [2.05, 4.69) is 4.98 Å². The molecule has 1 aliphatic rings. The molecule has 2 N–H and O–H groups in total. The lowest BCUT2D eigenvalue weighted by Crippen LogP contribution is -2.20. The predicted molar refractivity (Wildman–Crippen MR) is 68.0 cm³/mol. The molecule has 0 aliphatic heterocycles. The van der Waals surface area contributed by atoms with Crippen LogP contribution in [0.3, 0.4) is 0 Å². The Morgan fingerprint density at radius 3 is 2.39 bits per heavy atom. The van der Waals surface area contributed by atoms with Crippen LogP contribution in [-0.4, -0.2) is 19.5 Å². The zero-order valence-corrected chi connectivity index (χ0v) is 11.6. The molecule has 100 valence electrons. The number of pyridine rings is 1. The van der Waals surface area contributed by atoms with Crippen LogP contribution in [0.15, 0.2) is 17.2 Å². The number of sulfonamides is 1. The van der Waals surface area contributed by atoms with E-state index in [1.54, 1.807) is 6.07 Å². The molecule has 0 amide bonds. The maximum absolute atomic E-state index is 11.3. The molecule has 0 atom stereocenters. The molecule has 2 rings (SSSR count). The van der Waals surface area contributed by atoms with Gasteiger partial charge in [-0.1, -0.05) is 20.8 Å². The second-order valence-electron chi connectivity index (χ2n) is 5.61. The first-order valence-electron chi connectivity index (χ1n) is 5.89. The minimum atomic E-state index is -3.78. The van der Waals surface area contributed by atoms with Crippen LogP contribution in [0.2, 0.25) is 0 Å². The Morgan fingerprint density at radius 2 is 1.94 bits per heavy atom. The fourth-order valence-electron chi connectivity index (χ4n) is 1.58. The van der Waals surface area contributed by atoms with Crippen molar-refractivity contribution in [2.45, 2.75) is 50.2 Å². The van der Waals surface area contributed by atoms with E-state index in [0.717, 1.165) is 12.8 Å². The van der Waals surface area contributed by atoms with Crippen molar-refractivity contribution in [3.63, 3.8) is 0 Å². The van der Waals surface area contributed by atoms with Crippen LogP contribution in [0.5, 0.6) is 5.75 Å². The zero-order chi connectivity index (χ0) is 13.6. The topological polar surface area (TPSA) is 82.3 Å². The maximum atomic E-state index is 11.3. The number of nitrogens with zero attached hydrogens (tertiary/aromatic N) is 1. The Labute approximate surface area is 107 Å². The fourth-order valence-corrected chi connectivity index (χ4v) is 2.06. The van der Waals surface area contributed by atoms with Crippen molar-refractivity contribution in [3.8, 4) is 5.75 Å². The quantitative estimate of drug-likeness (QED) is 0.903. The Kier molecular flexibility index (Phi) is 3.11. The van der Waals surface area contributed by atoms with Crippen LogP contribution >= 0.6 is 0 Å². The van der Waals surface area contributed by atoms with Crippen LogP contribution in [0.25, 0.3) is 0 Å². The summed E-state index contributed by atoms with van der Waals surface area (Å²) < 4.78 is 28.4. The van der Waals surface area contributed by atoms with Crippen molar-refractivity contribution in [2.75, 3.05) is 0 Å². The van der Waals surface area contributed by atoms with E-state index in [1.165, 1.54) is 6.07 Å². The molecule has 1 aromatic rings. The SMILES string of the molecule is CC(C)(C)c1nc(S(N)(=O)=O)ccc1OC1CC1. The zero-order valence-electron chi connectivity index (χ0n) is 10.8. The van der Waals surface area contributed by atoms with Gasteiger partial charge in [0.1, 0.15) is 5.75 Å². The van der Waals surface area contributed by atoms with Crippen molar-refractivity contribution >= 4 is 10.0 Å². The molecule has 6 heteroatoms. The molecule has 5 nitrogen and oxygen atoms in total. The van der Waals surface area contributed by atoms with Gasteiger partial charge in [0.05, 0.1) is 11.8 Å². The molecule has 0 unspecified atom stereocenters. The standard InChI is InChI=1S/C12H18N2O3S/c1-12(2,3)11-9(17-8-4-5-8)6-7-10(14-11)18(13,15)16/h6-8H,4-5H2,1-3H3,(H2,13,15,16). The summed E-state index contributed by atoms with van der Waals surface area (Å²) >= 11 is 0. The first kappa shape index (κ1) is 13.3. The molecule has 1 aliphatic carbocycles. The van der Waals surface area contributed by atoms with Gasteiger partial charge < -0.3 is 4.74 Å². The summed E-state index contributed by atoms with van der Waals surface area (Å²) in [6.45, 7) is 5.88.